The first-order valence-corrected chi connectivity index (χ1v) is 6.44. The van der Waals surface area contributed by atoms with Crippen LogP contribution in [0.5, 0.6) is 5.75 Å². The molecule has 6 nitrogen and oxygen atoms in total. The first-order valence-electron chi connectivity index (χ1n) is 6.44. The summed E-state index contributed by atoms with van der Waals surface area (Å²) in [6, 6.07) is 6.62. The number of phenolic OH excluding ortho intramolecular Hbond substituents is 1. The SMILES string of the molecule is NC(N)=[NH+]CCCCNC(=O)/C=C/c1ccc(O)cc1. The highest BCUT2D eigenvalue weighted by molar-refractivity contribution is 5.91. The number of rotatable bonds is 7. The summed E-state index contributed by atoms with van der Waals surface area (Å²) in [5, 5.41) is 11.9. The van der Waals surface area contributed by atoms with Gasteiger partial charge in [-0.2, -0.15) is 0 Å². The second-order valence-electron chi connectivity index (χ2n) is 4.31. The average Bonchev–Trinajstić information content (AvgIpc) is 2.41. The Balaban J connectivity index is 2.20. The summed E-state index contributed by atoms with van der Waals surface area (Å²) >= 11 is 0. The van der Waals surface area contributed by atoms with Gasteiger partial charge in [-0.1, -0.05) is 12.1 Å². The molecule has 1 aromatic carbocycles. The lowest BCUT2D eigenvalue weighted by molar-refractivity contribution is -0.459. The maximum absolute atomic E-state index is 11.5. The maximum atomic E-state index is 11.5. The molecule has 6 heteroatoms. The van der Waals surface area contributed by atoms with Crippen molar-refractivity contribution in [3.8, 4) is 5.75 Å². The van der Waals surface area contributed by atoms with E-state index >= 15 is 0 Å². The van der Waals surface area contributed by atoms with E-state index in [0.29, 0.717) is 13.1 Å². The minimum absolute atomic E-state index is 0.143. The number of aromatic hydroxyl groups is 1. The molecule has 0 saturated heterocycles. The number of carbonyl (C=O) groups excluding carboxylic acids is 1. The first kappa shape index (κ1) is 15.6. The lowest BCUT2D eigenvalue weighted by Crippen LogP contribution is -2.78. The van der Waals surface area contributed by atoms with Crippen LogP contribution in [-0.4, -0.2) is 30.1 Å². The molecule has 7 N–H and O–H groups in total. The number of unbranched alkanes of at least 4 members (excludes halogenated alkanes) is 1. The summed E-state index contributed by atoms with van der Waals surface area (Å²) in [7, 11) is 0. The molecule has 0 aliphatic heterocycles. The summed E-state index contributed by atoms with van der Waals surface area (Å²) in [6.45, 7) is 1.30. The van der Waals surface area contributed by atoms with Crippen LogP contribution in [0, 0.1) is 0 Å². The molecule has 0 aliphatic carbocycles. The predicted octanol–water partition coefficient (Wildman–Crippen LogP) is -1.34. The number of hydrogen-bond donors (Lipinski definition) is 5. The molecule has 20 heavy (non-hydrogen) atoms. The number of nitrogens with one attached hydrogen (secondary N) is 2. The largest absolute Gasteiger partial charge is 0.508 e. The number of phenols is 1. The first-order chi connectivity index (χ1) is 9.58. The smallest absolute Gasteiger partial charge is 0.338 e. The van der Waals surface area contributed by atoms with Gasteiger partial charge in [-0.15, -0.1) is 0 Å². The highest BCUT2D eigenvalue weighted by atomic mass is 16.3. The Labute approximate surface area is 118 Å². The highest BCUT2D eigenvalue weighted by Gasteiger charge is 1.95. The quantitative estimate of drug-likeness (QED) is 0.183. The monoisotopic (exact) mass is 277 g/mol. The normalized spacial score (nSPS) is 10.4. The maximum Gasteiger partial charge on any atom is 0.338 e. The van der Waals surface area contributed by atoms with E-state index in [1.54, 1.807) is 30.3 Å². The number of hydrogen-bond acceptors (Lipinski definition) is 2. The fourth-order valence-corrected chi connectivity index (χ4v) is 1.51. The molecule has 0 aromatic heterocycles. The third kappa shape index (κ3) is 7.05. The zero-order chi connectivity index (χ0) is 14.8. The van der Waals surface area contributed by atoms with E-state index in [1.165, 1.54) is 6.08 Å². The lowest BCUT2D eigenvalue weighted by Gasteiger charge is -2.00. The van der Waals surface area contributed by atoms with E-state index in [1.807, 2.05) is 0 Å². The van der Waals surface area contributed by atoms with Crippen LogP contribution in [0.15, 0.2) is 30.3 Å². The van der Waals surface area contributed by atoms with Crippen molar-refractivity contribution in [2.24, 2.45) is 11.5 Å². The molecule has 108 valence electrons. The second kappa shape index (κ2) is 8.58. The van der Waals surface area contributed by atoms with Crippen molar-refractivity contribution in [1.82, 2.24) is 5.32 Å². The van der Waals surface area contributed by atoms with Gasteiger partial charge in [-0.25, -0.2) is 0 Å². The minimum atomic E-state index is -0.143. The van der Waals surface area contributed by atoms with Gasteiger partial charge >= 0.3 is 5.96 Å². The molecule has 0 unspecified atom stereocenters. The zero-order valence-corrected chi connectivity index (χ0v) is 11.3. The molecule has 0 aliphatic rings. The van der Waals surface area contributed by atoms with E-state index in [-0.39, 0.29) is 17.6 Å². The van der Waals surface area contributed by atoms with Crippen molar-refractivity contribution in [1.29, 1.82) is 0 Å². The number of amides is 1. The van der Waals surface area contributed by atoms with E-state index in [0.717, 1.165) is 18.4 Å². The van der Waals surface area contributed by atoms with Gasteiger partial charge < -0.3 is 10.4 Å². The second-order valence-corrected chi connectivity index (χ2v) is 4.31. The molecular weight excluding hydrogens is 256 g/mol. The van der Waals surface area contributed by atoms with Crippen LogP contribution in [0.2, 0.25) is 0 Å². The van der Waals surface area contributed by atoms with Gasteiger partial charge in [0.15, 0.2) is 0 Å². The van der Waals surface area contributed by atoms with Crippen molar-refractivity contribution in [3.63, 3.8) is 0 Å². The van der Waals surface area contributed by atoms with Crippen LogP contribution in [-0.2, 0) is 4.79 Å². The van der Waals surface area contributed by atoms with Gasteiger partial charge in [0.05, 0.1) is 6.54 Å². The molecule has 0 radical (unpaired) electrons. The molecule has 0 heterocycles. The Hall–Kier alpha value is -2.50. The predicted molar refractivity (Wildman–Crippen MR) is 78.6 cm³/mol. The average molecular weight is 277 g/mol. The molecule has 1 rings (SSSR count). The Morgan fingerprint density at radius 1 is 1.25 bits per heavy atom. The molecular formula is C14H21N4O2+. The van der Waals surface area contributed by atoms with Gasteiger partial charge in [0, 0.05) is 12.6 Å². The van der Waals surface area contributed by atoms with Gasteiger partial charge in [-0.05, 0) is 36.6 Å². The van der Waals surface area contributed by atoms with Crippen LogP contribution in [0.25, 0.3) is 6.08 Å². The van der Waals surface area contributed by atoms with Crippen LogP contribution in [0.4, 0.5) is 0 Å². The van der Waals surface area contributed by atoms with Crippen molar-refractivity contribution < 1.29 is 14.9 Å². The minimum Gasteiger partial charge on any atom is -0.508 e. The van der Waals surface area contributed by atoms with Crippen molar-refractivity contribution >= 4 is 17.9 Å². The van der Waals surface area contributed by atoms with E-state index in [4.69, 9.17) is 16.6 Å². The van der Waals surface area contributed by atoms with Crippen LogP contribution < -0.4 is 21.8 Å². The summed E-state index contributed by atoms with van der Waals surface area (Å²) in [4.78, 5) is 14.3. The van der Waals surface area contributed by atoms with Gasteiger partial charge in [0.25, 0.3) is 0 Å². The molecule has 0 saturated carbocycles. The third-order valence-electron chi connectivity index (χ3n) is 2.55. The Bertz CT molecular complexity index is 476. The molecule has 0 spiro atoms. The van der Waals surface area contributed by atoms with E-state index in [2.05, 4.69) is 10.3 Å². The zero-order valence-electron chi connectivity index (χ0n) is 11.3. The van der Waals surface area contributed by atoms with Crippen molar-refractivity contribution in [2.75, 3.05) is 13.1 Å². The van der Waals surface area contributed by atoms with Crippen LogP contribution >= 0.6 is 0 Å². The fourth-order valence-electron chi connectivity index (χ4n) is 1.51. The molecule has 1 aromatic rings. The summed E-state index contributed by atoms with van der Waals surface area (Å²) in [5.74, 6) is 0.275. The number of guanidine groups is 1. The van der Waals surface area contributed by atoms with Gasteiger partial charge in [0.1, 0.15) is 5.75 Å². The topological polar surface area (TPSA) is 115 Å². The Kier molecular flexibility index (Phi) is 6.67. The lowest BCUT2D eigenvalue weighted by atomic mass is 10.2. The van der Waals surface area contributed by atoms with Gasteiger partial charge in [0.2, 0.25) is 5.91 Å². The molecule has 0 bridgehead atoms. The highest BCUT2D eigenvalue weighted by Crippen LogP contribution is 2.10. The molecule has 0 fully saturated rings. The fraction of sp³-hybridized carbons (Fsp3) is 0.286. The molecule has 1 amide bonds. The summed E-state index contributed by atoms with van der Waals surface area (Å²) < 4.78 is 0. The van der Waals surface area contributed by atoms with Crippen LogP contribution in [0.1, 0.15) is 18.4 Å². The van der Waals surface area contributed by atoms with E-state index < -0.39 is 0 Å². The van der Waals surface area contributed by atoms with Crippen molar-refractivity contribution in [2.45, 2.75) is 12.8 Å². The number of nitrogens with two attached hydrogens (primary N) is 2. The van der Waals surface area contributed by atoms with Gasteiger partial charge in [-0.3, -0.25) is 21.3 Å². The van der Waals surface area contributed by atoms with Crippen LogP contribution in [0.3, 0.4) is 0 Å². The summed E-state index contributed by atoms with van der Waals surface area (Å²) in [6.07, 6.45) is 4.88. The summed E-state index contributed by atoms with van der Waals surface area (Å²) in [5.41, 5.74) is 11.4. The standard InChI is InChI=1S/C14H20N4O2/c15-14(16)18-10-2-1-9-17-13(20)8-5-11-3-6-12(19)7-4-11/h3-8,19H,1-2,9-10H2,(H,17,20)(H4,15,16,18)/p+1/b8-5+. The Morgan fingerprint density at radius 3 is 2.60 bits per heavy atom. The number of carbonyl (C=O) groups is 1. The van der Waals surface area contributed by atoms with Crippen molar-refractivity contribution in [3.05, 3.63) is 35.9 Å². The number of benzene rings is 1. The van der Waals surface area contributed by atoms with E-state index in [9.17, 15) is 4.79 Å². The third-order valence-corrected chi connectivity index (χ3v) is 2.55. The Morgan fingerprint density at radius 2 is 1.95 bits per heavy atom. The molecule has 0 atom stereocenters.